The van der Waals surface area contributed by atoms with Gasteiger partial charge in [-0.05, 0) is 87.9 Å². The molecule has 0 radical (unpaired) electrons. The third-order valence-electron chi connectivity index (χ3n) is 8.06. The van der Waals surface area contributed by atoms with Gasteiger partial charge in [0.2, 0.25) is 0 Å². The van der Waals surface area contributed by atoms with Crippen LogP contribution in [0, 0.1) is 70.6 Å². The summed E-state index contributed by atoms with van der Waals surface area (Å²) in [5.41, 5.74) is 0. The second-order valence-corrected chi connectivity index (χ2v) is 9.23. The molecule has 29 heavy (non-hydrogen) atoms. The summed E-state index contributed by atoms with van der Waals surface area (Å²) in [4.78, 5) is 0. The van der Waals surface area contributed by atoms with Crippen LogP contribution in [0.25, 0.3) is 0 Å². The van der Waals surface area contributed by atoms with Gasteiger partial charge in [0.05, 0.1) is 0 Å². The molecule has 4 saturated carbocycles. The van der Waals surface area contributed by atoms with E-state index in [1.165, 1.54) is 19.3 Å². The molecule has 0 aliphatic heterocycles. The summed E-state index contributed by atoms with van der Waals surface area (Å²) < 4.78 is 0. The Hall–Kier alpha value is 0.194. The molecule has 6 atom stereocenters. The molecule has 4 fully saturated rings. The second-order valence-electron chi connectivity index (χ2n) is 9.23. The van der Waals surface area contributed by atoms with Crippen molar-refractivity contribution in [3.8, 4) is 0 Å². The van der Waals surface area contributed by atoms with Gasteiger partial charge in [-0.1, -0.05) is 55.9 Å². The molecule has 0 saturated heterocycles. The smallest absolute Gasteiger partial charge is 0.358 e. The Morgan fingerprint density at radius 1 is 0.621 bits per heavy atom. The van der Waals surface area contributed by atoms with Crippen molar-refractivity contribution in [2.45, 2.75) is 84.5 Å². The summed E-state index contributed by atoms with van der Waals surface area (Å²) in [5, 5.41) is 0. The molecule has 0 spiro atoms. The fourth-order valence-electron chi connectivity index (χ4n) is 7.16. The predicted octanol–water partition coefficient (Wildman–Crippen LogP) is 8.97. The zero-order chi connectivity index (χ0) is 17.6. The Kier molecular flexibility index (Phi) is 17.2. The zero-order valence-electron chi connectivity index (χ0n) is 20.3. The van der Waals surface area contributed by atoms with Crippen LogP contribution in [0.2, 0.25) is 0 Å². The number of allylic oxidation sites excluding steroid dienone is 4. The van der Waals surface area contributed by atoms with E-state index in [1.54, 1.807) is 51.4 Å². The molecule has 4 rings (SSSR count). The monoisotopic (exact) mass is 434 g/mol. The maximum absolute atomic E-state index is 4.23. The van der Waals surface area contributed by atoms with Crippen LogP contribution in [0.5, 0.6) is 0 Å². The Morgan fingerprint density at radius 3 is 1.21 bits per heavy atom. The number of fused-ring (bicyclic) bond motifs is 6. The minimum Gasteiger partial charge on any atom is -0.358 e. The van der Waals surface area contributed by atoms with Crippen LogP contribution in [0.1, 0.15) is 84.5 Å². The van der Waals surface area contributed by atoms with Crippen LogP contribution < -0.4 is 0 Å². The van der Waals surface area contributed by atoms with Gasteiger partial charge < -0.3 is 29.2 Å². The number of hydrogen-bond acceptors (Lipinski definition) is 0. The van der Waals surface area contributed by atoms with E-state index in [2.05, 4.69) is 6.92 Å². The van der Waals surface area contributed by atoms with Crippen LogP contribution in [0.15, 0.2) is 24.3 Å². The molecule has 0 nitrogen and oxygen atoms in total. The van der Waals surface area contributed by atoms with E-state index < -0.39 is 0 Å². The zero-order valence-corrected chi connectivity index (χ0v) is 21.9. The summed E-state index contributed by atoms with van der Waals surface area (Å²) in [6.07, 6.45) is 24.8. The standard InChI is InChI=1S/C19H31.C6H10.3CH3.Ti/c1-2-13-11-18-16-9-5-3-7-14(16)15-8-4-6-10-17(15)19(18)12-13;1-3-5-6-4-2;;;;/h13-19H,1-12H2;3-6H,1-2H3;3*1H3;/q-1;;3*-1;+4/b;5-3+,6-4+;;;;. The molecule has 0 aromatic carbocycles. The van der Waals surface area contributed by atoms with Gasteiger partial charge in [0.1, 0.15) is 0 Å². The van der Waals surface area contributed by atoms with Gasteiger partial charge in [0, 0.05) is 0 Å². The van der Waals surface area contributed by atoms with Crippen LogP contribution in [0.4, 0.5) is 0 Å². The molecule has 0 aromatic heterocycles. The van der Waals surface area contributed by atoms with Crippen molar-refractivity contribution in [2.24, 2.45) is 41.4 Å². The first-order valence-corrected chi connectivity index (χ1v) is 11.3. The minimum atomic E-state index is 0. The topological polar surface area (TPSA) is 0 Å². The van der Waals surface area contributed by atoms with E-state index in [-0.39, 0.29) is 44.0 Å². The van der Waals surface area contributed by atoms with Gasteiger partial charge >= 0.3 is 21.7 Å². The van der Waals surface area contributed by atoms with Crippen LogP contribution >= 0.6 is 0 Å². The van der Waals surface area contributed by atoms with Crippen molar-refractivity contribution in [1.82, 2.24) is 0 Å². The Labute approximate surface area is 200 Å². The van der Waals surface area contributed by atoms with E-state index >= 15 is 0 Å². The molecule has 0 amide bonds. The quantitative estimate of drug-likeness (QED) is 0.231. The van der Waals surface area contributed by atoms with E-state index in [0.717, 1.165) is 41.4 Å². The molecular weight excluding hydrogens is 384 g/mol. The Morgan fingerprint density at radius 2 is 0.931 bits per heavy atom. The van der Waals surface area contributed by atoms with E-state index in [1.807, 2.05) is 38.2 Å². The first-order valence-electron chi connectivity index (χ1n) is 11.3. The maximum Gasteiger partial charge on any atom is 4.00 e. The first kappa shape index (κ1) is 31.4. The van der Waals surface area contributed by atoms with Crippen molar-refractivity contribution in [1.29, 1.82) is 0 Å². The molecule has 166 valence electrons. The summed E-state index contributed by atoms with van der Waals surface area (Å²) in [5.74, 6) is 7.78. The molecule has 6 unspecified atom stereocenters. The molecular formula is C28H50Ti. The first-order chi connectivity index (χ1) is 12.3. The summed E-state index contributed by atoms with van der Waals surface area (Å²) in [6.45, 7) is 8.23. The largest absolute Gasteiger partial charge is 4.00 e. The fourth-order valence-corrected chi connectivity index (χ4v) is 7.16. The average molecular weight is 435 g/mol. The average Bonchev–Trinajstić information content (AvgIpc) is 3.12. The molecule has 4 aliphatic rings. The van der Waals surface area contributed by atoms with Gasteiger partial charge in [-0.2, -0.15) is 6.42 Å². The Bertz CT molecular complexity index is 411. The van der Waals surface area contributed by atoms with Crippen molar-refractivity contribution < 1.29 is 21.7 Å². The molecule has 0 aromatic rings. The Balaban J connectivity index is 0. The second kappa shape index (κ2) is 15.9. The number of rotatable bonds is 2. The SMILES string of the molecule is C/C=C/C=C/C.[CH2-]CC1CC2C3CCCCC3C3CCCCC3C2C1.[CH3-].[CH3-].[CH3-].[Ti+4]. The van der Waals surface area contributed by atoms with E-state index in [0.29, 0.717) is 0 Å². The van der Waals surface area contributed by atoms with Gasteiger partial charge in [-0.15, -0.1) is 0 Å². The van der Waals surface area contributed by atoms with Crippen molar-refractivity contribution in [2.75, 3.05) is 0 Å². The minimum absolute atomic E-state index is 0. The van der Waals surface area contributed by atoms with Gasteiger partial charge in [0.15, 0.2) is 0 Å². The predicted molar refractivity (Wildman–Crippen MR) is 129 cm³/mol. The van der Waals surface area contributed by atoms with Crippen molar-refractivity contribution in [3.05, 3.63) is 53.5 Å². The van der Waals surface area contributed by atoms with Gasteiger partial charge in [-0.25, -0.2) is 0 Å². The molecule has 4 aliphatic carbocycles. The van der Waals surface area contributed by atoms with Gasteiger partial charge in [0.25, 0.3) is 0 Å². The molecule has 0 N–H and O–H groups in total. The maximum atomic E-state index is 4.23. The van der Waals surface area contributed by atoms with Crippen molar-refractivity contribution >= 4 is 0 Å². The third kappa shape index (κ3) is 7.38. The molecule has 1 heteroatoms. The van der Waals surface area contributed by atoms with Gasteiger partial charge in [-0.3, -0.25) is 0 Å². The molecule has 0 bridgehead atoms. The molecule has 0 heterocycles. The normalized spacial score (nSPS) is 37.3. The summed E-state index contributed by atoms with van der Waals surface area (Å²) in [6, 6.07) is 0. The fraction of sp³-hybridized carbons (Fsp3) is 0.714. The number of hydrogen-bond donors (Lipinski definition) is 0. The van der Waals surface area contributed by atoms with Crippen LogP contribution in [-0.2, 0) is 21.7 Å². The summed E-state index contributed by atoms with van der Waals surface area (Å²) in [7, 11) is 0. The van der Waals surface area contributed by atoms with E-state index in [9.17, 15) is 0 Å². The summed E-state index contributed by atoms with van der Waals surface area (Å²) >= 11 is 0. The third-order valence-corrected chi connectivity index (χ3v) is 8.06. The van der Waals surface area contributed by atoms with E-state index in [4.69, 9.17) is 0 Å². The van der Waals surface area contributed by atoms with Crippen LogP contribution in [0.3, 0.4) is 0 Å². The van der Waals surface area contributed by atoms with Crippen molar-refractivity contribution in [3.63, 3.8) is 0 Å². The van der Waals surface area contributed by atoms with Crippen LogP contribution in [-0.4, -0.2) is 0 Å².